The van der Waals surface area contributed by atoms with Crippen molar-refractivity contribution in [2.75, 3.05) is 25.0 Å². The highest BCUT2D eigenvalue weighted by molar-refractivity contribution is 5.83. The van der Waals surface area contributed by atoms with Crippen molar-refractivity contribution in [3.05, 3.63) is 24.3 Å². The zero-order valence-corrected chi connectivity index (χ0v) is 11.6. The van der Waals surface area contributed by atoms with Crippen molar-refractivity contribution >= 4 is 11.6 Å². The molecule has 20 heavy (non-hydrogen) atoms. The molecular weight excluding hydrogens is 256 g/mol. The summed E-state index contributed by atoms with van der Waals surface area (Å²) in [5.74, 6) is 0.660. The van der Waals surface area contributed by atoms with Crippen LogP contribution in [0.2, 0.25) is 0 Å². The van der Waals surface area contributed by atoms with E-state index in [9.17, 15) is 9.90 Å². The van der Waals surface area contributed by atoms with Crippen LogP contribution < -0.4 is 10.1 Å². The average Bonchev–Trinajstić information content (AvgIpc) is 2.45. The number of likely N-dealkylation sites (tertiary alicyclic amines) is 1. The van der Waals surface area contributed by atoms with Gasteiger partial charge < -0.3 is 20.1 Å². The predicted octanol–water partition coefficient (Wildman–Crippen LogP) is 1.23. The first-order valence-electron chi connectivity index (χ1n) is 7.06. The van der Waals surface area contributed by atoms with Crippen molar-refractivity contribution in [1.82, 2.24) is 4.90 Å². The number of hydrogen-bond donors (Lipinski definition) is 2. The number of piperidine rings is 1. The first-order chi connectivity index (χ1) is 9.55. The van der Waals surface area contributed by atoms with Crippen LogP contribution in [0.3, 0.4) is 0 Å². The Balaban J connectivity index is 1.70. The number of nitrogens with one attached hydrogen (secondary N) is 1. The van der Waals surface area contributed by atoms with E-state index < -0.39 is 11.7 Å². The van der Waals surface area contributed by atoms with Crippen LogP contribution in [-0.2, 0) is 4.79 Å². The van der Waals surface area contributed by atoms with E-state index in [-0.39, 0.29) is 5.91 Å². The lowest BCUT2D eigenvalue weighted by molar-refractivity contribution is -0.144. The van der Waals surface area contributed by atoms with E-state index in [2.05, 4.69) is 5.32 Å². The van der Waals surface area contributed by atoms with Gasteiger partial charge in [0.1, 0.15) is 5.75 Å². The van der Waals surface area contributed by atoms with Gasteiger partial charge in [0.05, 0.1) is 17.8 Å². The Labute approximate surface area is 118 Å². The predicted molar refractivity (Wildman–Crippen MR) is 75.8 cm³/mol. The third kappa shape index (κ3) is 2.58. The number of hydrogen-bond acceptors (Lipinski definition) is 4. The van der Waals surface area contributed by atoms with Gasteiger partial charge in [-0.2, -0.15) is 0 Å². The minimum absolute atomic E-state index is 0.0491. The summed E-state index contributed by atoms with van der Waals surface area (Å²) in [6, 6.07) is 7.61. The molecule has 0 radical (unpaired) electrons. The minimum atomic E-state index is -0.784. The zero-order chi connectivity index (χ0) is 14.2. The Bertz CT molecular complexity index is 516. The van der Waals surface area contributed by atoms with Gasteiger partial charge >= 0.3 is 0 Å². The van der Waals surface area contributed by atoms with Gasteiger partial charge in [-0.15, -0.1) is 0 Å². The van der Waals surface area contributed by atoms with Crippen LogP contribution >= 0.6 is 0 Å². The Hall–Kier alpha value is -1.75. The lowest BCUT2D eigenvalue weighted by atomic mass is 9.95. The summed E-state index contributed by atoms with van der Waals surface area (Å²) >= 11 is 0. The van der Waals surface area contributed by atoms with Gasteiger partial charge in [0.25, 0.3) is 5.91 Å². The number of para-hydroxylation sites is 2. The van der Waals surface area contributed by atoms with Crippen molar-refractivity contribution in [3.8, 4) is 5.75 Å². The first kappa shape index (κ1) is 13.2. The van der Waals surface area contributed by atoms with Gasteiger partial charge in [0.2, 0.25) is 0 Å². The number of β-amino-alcohol motifs (C(OH)–C–C–N with tert-alkyl or cyclic N) is 1. The standard InChI is InChI=1S/C15H20N2O3/c1-15(19)7-4-8-17(10-15)14(18)13-9-16-11-5-2-3-6-12(11)20-13/h2-3,5-6,13,16,19H,4,7-10H2,1H3. The molecule has 1 amide bonds. The van der Waals surface area contributed by atoms with Crippen molar-refractivity contribution in [3.63, 3.8) is 0 Å². The van der Waals surface area contributed by atoms with E-state index in [1.54, 1.807) is 11.8 Å². The van der Waals surface area contributed by atoms with Crippen LogP contribution in [0.15, 0.2) is 24.3 Å². The van der Waals surface area contributed by atoms with Crippen molar-refractivity contribution in [1.29, 1.82) is 0 Å². The second-order valence-corrected chi connectivity index (χ2v) is 5.84. The average molecular weight is 276 g/mol. The molecule has 2 heterocycles. The zero-order valence-electron chi connectivity index (χ0n) is 11.6. The number of rotatable bonds is 1. The number of ether oxygens (including phenoxy) is 1. The minimum Gasteiger partial charge on any atom is -0.477 e. The number of amides is 1. The molecule has 2 aliphatic heterocycles. The number of nitrogens with zero attached hydrogens (tertiary/aromatic N) is 1. The summed E-state index contributed by atoms with van der Waals surface area (Å²) in [4.78, 5) is 14.2. The molecule has 2 unspecified atom stereocenters. The van der Waals surface area contributed by atoms with Crippen LogP contribution in [-0.4, -0.2) is 47.3 Å². The third-order valence-electron chi connectivity index (χ3n) is 3.90. The van der Waals surface area contributed by atoms with Gasteiger partial charge in [-0.05, 0) is 31.9 Å². The van der Waals surface area contributed by atoms with E-state index in [0.717, 1.165) is 18.5 Å². The van der Waals surface area contributed by atoms with E-state index >= 15 is 0 Å². The molecule has 108 valence electrons. The molecule has 0 spiro atoms. The molecule has 0 aliphatic carbocycles. The Morgan fingerprint density at radius 2 is 2.30 bits per heavy atom. The van der Waals surface area contributed by atoms with Crippen molar-refractivity contribution in [2.45, 2.75) is 31.5 Å². The molecule has 2 N–H and O–H groups in total. The molecule has 0 bridgehead atoms. The molecule has 2 atom stereocenters. The summed E-state index contributed by atoms with van der Waals surface area (Å²) < 4.78 is 5.78. The smallest absolute Gasteiger partial charge is 0.265 e. The Morgan fingerprint density at radius 3 is 3.10 bits per heavy atom. The third-order valence-corrected chi connectivity index (χ3v) is 3.90. The maximum Gasteiger partial charge on any atom is 0.265 e. The van der Waals surface area contributed by atoms with Crippen LogP contribution in [0.1, 0.15) is 19.8 Å². The van der Waals surface area contributed by atoms with E-state index in [4.69, 9.17) is 4.74 Å². The fourth-order valence-corrected chi connectivity index (χ4v) is 2.86. The quantitative estimate of drug-likeness (QED) is 0.810. The van der Waals surface area contributed by atoms with Gasteiger partial charge in [0, 0.05) is 13.1 Å². The maximum absolute atomic E-state index is 12.5. The number of carbonyl (C=O) groups excluding carboxylic acids is 1. The molecule has 0 aromatic heterocycles. The maximum atomic E-state index is 12.5. The second kappa shape index (κ2) is 4.98. The van der Waals surface area contributed by atoms with Crippen LogP contribution in [0.5, 0.6) is 5.75 Å². The van der Waals surface area contributed by atoms with Crippen LogP contribution in [0, 0.1) is 0 Å². The van der Waals surface area contributed by atoms with E-state index in [1.807, 2.05) is 24.3 Å². The fraction of sp³-hybridized carbons (Fsp3) is 0.533. The highest BCUT2D eigenvalue weighted by Gasteiger charge is 2.35. The largest absolute Gasteiger partial charge is 0.477 e. The molecule has 1 saturated heterocycles. The van der Waals surface area contributed by atoms with Gasteiger partial charge in [-0.3, -0.25) is 4.79 Å². The second-order valence-electron chi connectivity index (χ2n) is 5.84. The molecule has 1 aromatic rings. The molecule has 2 aliphatic rings. The number of aliphatic hydroxyl groups is 1. The van der Waals surface area contributed by atoms with Gasteiger partial charge in [-0.1, -0.05) is 12.1 Å². The normalized spacial score (nSPS) is 29.1. The molecular formula is C15H20N2O3. The van der Waals surface area contributed by atoms with E-state index in [0.29, 0.717) is 25.4 Å². The van der Waals surface area contributed by atoms with Crippen LogP contribution in [0.4, 0.5) is 5.69 Å². The van der Waals surface area contributed by atoms with Gasteiger partial charge in [-0.25, -0.2) is 0 Å². The first-order valence-corrected chi connectivity index (χ1v) is 7.06. The van der Waals surface area contributed by atoms with E-state index in [1.165, 1.54) is 0 Å². The molecule has 3 rings (SSSR count). The topological polar surface area (TPSA) is 61.8 Å². The molecule has 5 heteroatoms. The molecule has 1 aromatic carbocycles. The lowest BCUT2D eigenvalue weighted by Crippen LogP contribution is -2.54. The number of carbonyl (C=O) groups is 1. The summed E-state index contributed by atoms with van der Waals surface area (Å²) in [5.41, 5.74) is 0.135. The molecule has 5 nitrogen and oxygen atoms in total. The summed E-state index contributed by atoms with van der Waals surface area (Å²) in [7, 11) is 0. The summed E-state index contributed by atoms with van der Waals surface area (Å²) in [5, 5.41) is 13.3. The number of fused-ring (bicyclic) bond motifs is 1. The highest BCUT2D eigenvalue weighted by Crippen LogP contribution is 2.29. The summed E-state index contributed by atoms with van der Waals surface area (Å²) in [6.07, 6.45) is 1.05. The highest BCUT2D eigenvalue weighted by atomic mass is 16.5. The molecule has 1 fully saturated rings. The SMILES string of the molecule is CC1(O)CCCN(C(=O)C2CNc3ccccc3O2)C1. The van der Waals surface area contributed by atoms with Crippen molar-refractivity contribution < 1.29 is 14.6 Å². The van der Waals surface area contributed by atoms with Gasteiger partial charge in [0.15, 0.2) is 6.10 Å². The Kier molecular flexibility index (Phi) is 3.30. The Morgan fingerprint density at radius 1 is 1.50 bits per heavy atom. The number of benzene rings is 1. The molecule has 0 saturated carbocycles. The fourth-order valence-electron chi connectivity index (χ4n) is 2.86. The van der Waals surface area contributed by atoms with Crippen molar-refractivity contribution in [2.24, 2.45) is 0 Å². The van der Waals surface area contributed by atoms with Crippen LogP contribution in [0.25, 0.3) is 0 Å². The monoisotopic (exact) mass is 276 g/mol. The number of anilines is 1. The lowest BCUT2D eigenvalue weighted by Gasteiger charge is -2.39. The summed E-state index contributed by atoms with van der Waals surface area (Å²) in [6.45, 7) is 3.32.